The summed E-state index contributed by atoms with van der Waals surface area (Å²) in [7, 11) is 3.03. The molecule has 1 amide bonds. The quantitative estimate of drug-likeness (QED) is 0.748. The van der Waals surface area contributed by atoms with Crippen LogP contribution in [0.15, 0.2) is 42.5 Å². The van der Waals surface area contributed by atoms with Crippen LogP contribution in [0.3, 0.4) is 0 Å². The van der Waals surface area contributed by atoms with Crippen LogP contribution in [0.1, 0.15) is 12.0 Å². The molecule has 0 aliphatic rings. The zero-order valence-corrected chi connectivity index (χ0v) is 15.5. The summed E-state index contributed by atoms with van der Waals surface area (Å²) in [5, 5.41) is 6.18. The van der Waals surface area contributed by atoms with Crippen molar-refractivity contribution in [3.63, 3.8) is 0 Å². The highest BCUT2D eigenvalue weighted by atomic mass is 35.5. The molecule has 0 fully saturated rings. The second-order valence-corrected chi connectivity index (χ2v) is 5.99. The topological polar surface area (TPSA) is 59.6 Å². The van der Waals surface area contributed by atoms with Crippen LogP contribution < -0.4 is 20.1 Å². The summed E-state index contributed by atoms with van der Waals surface area (Å²) >= 11 is 11.3. The first-order chi connectivity index (χ1) is 12.0. The van der Waals surface area contributed by atoms with Gasteiger partial charge in [-0.25, -0.2) is 0 Å². The van der Waals surface area contributed by atoms with E-state index in [4.69, 9.17) is 33.3 Å². The maximum absolute atomic E-state index is 12.0. The molecule has 2 aromatic rings. The Morgan fingerprint density at radius 1 is 1.12 bits per heavy atom. The van der Waals surface area contributed by atoms with Gasteiger partial charge in [0.1, 0.15) is 11.5 Å². The molecule has 0 heterocycles. The van der Waals surface area contributed by atoms with Crippen LogP contribution in [0.4, 0.5) is 5.69 Å². The lowest BCUT2D eigenvalue weighted by Crippen LogP contribution is -2.34. The Labute approximate surface area is 157 Å². The highest BCUT2D eigenvalue weighted by molar-refractivity contribution is 7.80. The van der Waals surface area contributed by atoms with Crippen LogP contribution in [0.2, 0.25) is 5.02 Å². The molecule has 0 aliphatic carbocycles. The first-order valence-electron chi connectivity index (χ1n) is 7.59. The highest BCUT2D eigenvalue weighted by Crippen LogP contribution is 2.35. The number of hydrogen-bond acceptors (Lipinski definition) is 4. The summed E-state index contributed by atoms with van der Waals surface area (Å²) in [6.45, 7) is 0. The fourth-order valence-corrected chi connectivity index (χ4v) is 2.66. The van der Waals surface area contributed by atoms with Crippen molar-refractivity contribution in [3.8, 4) is 11.5 Å². The van der Waals surface area contributed by atoms with Crippen molar-refractivity contribution >= 4 is 40.5 Å². The molecule has 2 aromatic carbocycles. The summed E-state index contributed by atoms with van der Waals surface area (Å²) in [5.74, 6) is 0.802. The molecule has 0 saturated heterocycles. The van der Waals surface area contributed by atoms with E-state index in [0.717, 1.165) is 5.56 Å². The molecular formula is C18H19ClN2O3S. The third-order valence-corrected chi connectivity index (χ3v) is 3.96. The van der Waals surface area contributed by atoms with Gasteiger partial charge < -0.3 is 20.1 Å². The lowest BCUT2D eigenvalue weighted by Gasteiger charge is -2.15. The largest absolute Gasteiger partial charge is 0.495 e. The van der Waals surface area contributed by atoms with Crippen molar-refractivity contribution in [2.24, 2.45) is 0 Å². The van der Waals surface area contributed by atoms with Gasteiger partial charge >= 0.3 is 0 Å². The monoisotopic (exact) mass is 378 g/mol. The maximum atomic E-state index is 12.0. The molecule has 5 nitrogen and oxygen atoms in total. The maximum Gasteiger partial charge on any atom is 0.226 e. The average Bonchev–Trinajstić information content (AvgIpc) is 2.61. The van der Waals surface area contributed by atoms with Gasteiger partial charge in [0.25, 0.3) is 0 Å². The molecule has 7 heteroatoms. The van der Waals surface area contributed by atoms with Crippen molar-refractivity contribution in [2.75, 3.05) is 19.5 Å². The van der Waals surface area contributed by atoms with Gasteiger partial charge in [-0.05, 0) is 24.2 Å². The highest BCUT2D eigenvalue weighted by Gasteiger charge is 2.12. The van der Waals surface area contributed by atoms with Crippen LogP contribution in [-0.4, -0.2) is 25.2 Å². The molecule has 0 unspecified atom stereocenters. The number of halogens is 1. The predicted octanol–water partition coefficient (Wildman–Crippen LogP) is 3.80. The number of carbonyl (C=O) groups excluding carboxylic acids is 1. The minimum absolute atomic E-state index is 0.166. The summed E-state index contributed by atoms with van der Waals surface area (Å²) < 4.78 is 10.4. The molecule has 0 saturated carbocycles. The van der Waals surface area contributed by atoms with E-state index in [9.17, 15) is 4.79 Å². The Kier molecular flexibility index (Phi) is 7.03. The predicted molar refractivity (Wildman–Crippen MR) is 104 cm³/mol. The Morgan fingerprint density at radius 3 is 2.44 bits per heavy atom. The number of nitrogens with one attached hydrogen (secondary N) is 2. The number of anilines is 1. The van der Waals surface area contributed by atoms with Crippen LogP contribution in [-0.2, 0) is 11.2 Å². The molecule has 0 radical (unpaired) electrons. The number of carbonyl (C=O) groups is 1. The summed E-state index contributed by atoms with van der Waals surface area (Å²) in [6, 6.07) is 13.1. The van der Waals surface area contributed by atoms with Gasteiger partial charge in [-0.2, -0.15) is 0 Å². The number of ether oxygens (including phenoxy) is 2. The number of thiocarbonyl (C=S) groups is 1. The van der Waals surface area contributed by atoms with E-state index >= 15 is 0 Å². The van der Waals surface area contributed by atoms with Crippen molar-refractivity contribution in [2.45, 2.75) is 12.8 Å². The fraction of sp³-hybridized carbons (Fsp3) is 0.222. The van der Waals surface area contributed by atoms with E-state index < -0.39 is 0 Å². The lowest BCUT2D eigenvalue weighted by molar-refractivity contribution is -0.119. The molecule has 2 N–H and O–H groups in total. The summed E-state index contributed by atoms with van der Waals surface area (Å²) in [4.78, 5) is 12.0. The van der Waals surface area contributed by atoms with Crippen LogP contribution in [0.5, 0.6) is 11.5 Å². The van der Waals surface area contributed by atoms with Gasteiger partial charge in [-0.15, -0.1) is 0 Å². The van der Waals surface area contributed by atoms with Gasteiger partial charge in [0.05, 0.1) is 24.9 Å². The van der Waals surface area contributed by atoms with Gasteiger partial charge in [0, 0.05) is 18.6 Å². The molecule has 0 atom stereocenters. The fourth-order valence-electron chi connectivity index (χ4n) is 2.20. The average molecular weight is 379 g/mol. The Balaban J connectivity index is 1.94. The zero-order valence-electron chi connectivity index (χ0n) is 14.0. The van der Waals surface area contributed by atoms with E-state index in [0.29, 0.717) is 35.1 Å². The number of hydrogen-bond donors (Lipinski definition) is 2. The van der Waals surface area contributed by atoms with Crippen LogP contribution >= 0.6 is 23.8 Å². The van der Waals surface area contributed by atoms with Crippen LogP contribution in [0, 0.1) is 0 Å². The smallest absolute Gasteiger partial charge is 0.226 e. The molecular weight excluding hydrogens is 360 g/mol. The van der Waals surface area contributed by atoms with Gasteiger partial charge in [0.15, 0.2) is 5.11 Å². The molecule has 0 aromatic heterocycles. The van der Waals surface area contributed by atoms with Crippen molar-refractivity contribution in [1.29, 1.82) is 0 Å². The van der Waals surface area contributed by atoms with Crippen molar-refractivity contribution < 1.29 is 14.3 Å². The van der Waals surface area contributed by atoms with E-state index in [-0.39, 0.29) is 11.0 Å². The SMILES string of the molecule is COc1cc(NC(=S)NC(=O)CCc2ccccc2)c(OC)cc1Cl. The minimum atomic E-state index is -0.166. The molecule has 2 rings (SSSR count). The van der Waals surface area contributed by atoms with Gasteiger partial charge in [-0.3, -0.25) is 4.79 Å². The van der Waals surface area contributed by atoms with Crippen molar-refractivity contribution in [1.82, 2.24) is 5.32 Å². The number of rotatable bonds is 6. The number of methoxy groups -OCH3 is 2. The van der Waals surface area contributed by atoms with E-state index in [1.165, 1.54) is 14.2 Å². The molecule has 0 bridgehead atoms. The first-order valence-corrected chi connectivity index (χ1v) is 8.38. The van der Waals surface area contributed by atoms with Crippen molar-refractivity contribution in [3.05, 3.63) is 53.1 Å². The van der Waals surface area contributed by atoms with Gasteiger partial charge in [-0.1, -0.05) is 41.9 Å². The molecule has 0 spiro atoms. The summed E-state index contributed by atoms with van der Waals surface area (Å²) in [6.07, 6.45) is 0.986. The Hall–Kier alpha value is -2.31. The molecule has 0 aliphatic heterocycles. The molecule has 132 valence electrons. The van der Waals surface area contributed by atoms with Gasteiger partial charge in [0.2, 0.25) is 5.91 Å². The van der Waals surface area contributed by atoms with E-state index in [1.54, 1.807) is 12.1 Å². The lowest BCUT2D eigenvalue weighted by atomic mass is 10.1. The Bertz CT molecular complexity index is 753. The third kappa shape index (κ3) is 5.62. The second-order valence-electron chi connectivity index (χ2n) is 5.17. The van der Waals surface area contributed by atoms with Crippen LogP contribution in [0.25, 0.3) is 0 Å². The minimum Gasteiger partial charge on any atom is -0.495 e. The standard InChI is InChI=1S/C18H19ClN2O3S/c1-23-15-11-14(16(24-2)10-13(15)19)20-18(25)21-17(22)9-8-12-6-4-3-5-7-12/h3-7,10-11H,8-9H2,1-2H3,(H2,20,21,22,25). The normalized spacial score (nSPS) is 10.0. The zero-order chi connectivity index (χ0) is 18.2. The third-order valence-electron chi connectivity index (χ3n) is 3.46. The summed E-state index contributed by atoms with van der Waals surface area (Å²) in [5.41, 5.74) is 1.65. The number of amides is 1. The number of benzene rings is 2. The molecule has 25 heavy (non-hydrogen) atoms. The number of aryl methyl sites for hydroxylation is 1. The van der Waals surface area contributed by atoms with E-state index in [1.807, 2.05) is 30.3 Å². The van der Waals surface area contributed by atoms with E-state index in [2.05, 4.69) is 10.6 Å². The second kappa shape index (κ2) is 9.25. The Morgan fingerprint density at radius 2 is 1.80 bits per heavy atom. The first kappa shape index (κ1) is 19.0.